The number of benzene rings is 5. The smallest absolute Gasteiger partial charge is 0.230 e. The van der Waals surface area contributed by atoms with Crippen LogP contribution < -0.4 is 9.47 Å². The van der Waals surface area contributed by atoms with Crippen LogP contribution in [0.4, 0.5) is 0 Å². The fraction of sp³-hybridized carbons (Fsp3) is 0.103. The molecule has 0 radical (unpaired) electrons. The summed E-state index contributed by atoms with van der Waals surface area (Å²) in [6.07, 6.45) is 2.06. The van der Waals surface area contributed by atoms with Gasteiger partial charge in [-0.3, -0.25) is 0 Å². The van der Waals surface area contributed by atoms with Gasteiger partial charge in [0.1, 0.15) is 11.5 Å². The van der Waals surface area contributed by atoms with Gasteiger partial charge in [-0.05, 0) is 69.8 Å². The molecule has 0 N–H and O–H groups in total. The van der Waals surface area contributed by atoms with Crippen LogP contribution in [-0.4, -0.2) is 6.79 Å². The zero-order valence-electron chi connectivity index (χ0n) is 17.3. The standard InChI is InChI=1S/C29H24O2/c1-2-8-28(9-3-1)30-21-31-29-17-16-26-19-23(13-15-27(26)20-29)11-10-22-12-14-24-6-4-5-7-25(24)18-22/h1-9,12-20H,10-11,21H2. The molecule has 152 valence electrons. The van der Waals surface area contributed by atoms with Gasteiger partial charge in [0.2, 0.25) is 6.79 Å². The van der Waals surface area contributed by atoms with Gasteiger partial charge in [0.05, 0.1) is 0 Å². The van der Waals surface area contributed by atoms with Crippen LogP contribution in [0.5, 0.6) is 11.5 Å². The van der Waals surface area contributed by atoms with E-state index in [2.05, 4.69) is 72.8 Å². The number of hydrogen-bond donors (Lipinski definition) is 0. The van der Waals surface area contributed by atoms with Gasteiger partial charge < -0.3 is 9.47 Å². The summed E-state index contributed by atoms with van der Waals surface area (Å²) in [4.78, 5) is 0. The van der Waals surface area contributed by atoms with E-state index >= 15 is 0 Å². The second kappa shape index (κ2) is 8.93. The SMILES string of the molecule is c1ccc(OCOc2ccc3cc(CCc4ccc5ccccc5c4)ccc3c2)cc1. The van der Waals surface area contributed by atoms with Crippen LogP contribution in [0.3, 0.4) is 0 Å². The van der Waals surface area contributed by atoms with E-state index in [0.29, 0.717) is 0 Å². The van der Waals surface area contributed by atoms with Crippen molar-refractivity contribution in [1.29, 1.82) is 0 Å². The van der Waals surface area contributed by atoms with Gasteiger partial charge in [-0.25, -0.2) is 0 Å². The van der Waals surface area contributed by atoms with Crippen LogP contribution >= 0.6 is 0 Å². The predicted molar refractivity (Wildman–Crippen MR) is 128 cm³/mol. The van der Waals surface area contributed by atoms with Crippen molar-refractivity contribution in [3.8, 4) is 11.5 Å². The molecule has 0 aliphatic rings. The van der Waals surface area contributed by atoms with E-state index in [0.717, 1.165) is 24.3 Å². The number of hydrogen-bond acceptors (Lipinski definition) is 2. The molecule has 0 spiro atoms. The Hall–Kier alpha value is -3.78. The van der Waals surface area contributed by atoms with E-state index in [4.69, 9.17) is 9.47 Å². The Bertz CT molecular complexity index is 1310. The average Bonchev–Trinajstić information content (AvgIpc) is 2.83. The molecular formula is C29H24O2. The van der Waals surface area contributed by atoms with Crippen molar-refractivity contribution in [2.24, 2.45) is 0 Å². The first-order valence-electron chi connectivity index (χ1n) is 10.6. The summed E-state index contributed by atoms with van der Waals surface area (Å²) in [6.45, 7) is 0.194. The third-order valence-electron chi connectivity index (χ3n) is 5.59. The topological polar surface area (TPSA) is 18.5 Å². The Morgan fingerprint density at radius 3 is 1.74 bits per heavy atom. The van der Waals surface area contributed by atoms with Gasteiger partial charge in [-0.2, -0.15) is 0 Å². The molecule has 5 aromatic rings. The minimum Gasteiger partial charge on any atom is -0.458 e. The van der Waals surface area contributed by atoms with Crippen LogP contribution in [0.25, 0.3) is 21.5 Å². The van der Waals surface area contributed by atoms with Crippen molar-refractivity contribution in [3.05, 3.63) is 120 Å². The highest BCUT2D eigenvalue weighted by Gasteiger charge is 2.02. The quantitative estimate of drug-likeness (QED) is 0.267. The van der Waals surface area contributed by atoms with Crippen LogP contribution in [0.1, 0.15) is 11.1 Å². The second-order valence-corrected chi connectivity index (χ2v) is 7.74. The van der Waals surface area contributed by atoms with Gasteiger partial charge in [-0.15, -0.1) is 0 Å². The lowest BCUT2D eigenvalue weighted by Crippen LogP contribution is -2.05. The van der Waals surface area contributed by atoms with E-state index in [1.165, 1.54) is 32.7 Å². The Morgan fingerprint density at radius 1 is 0.419 bits per heavy atom. The maximum Gasteiger partial charge on any atom is 0.230 e. The van der Waals surface area contributed by atoms with Crippen LogP contribution in [0.15, 0.2) is 109 Å². The molecule has 0 bridgehead atoms. The summed E-state index contributed by atoms with van der Waals surface area (Å²) < 4.78 is 11.4. The zero-order valence-corrected chi connectivity index (χ0v) is 17.3. The molecule has 31 heavy (non-hydrogen) atoms. The zero-order chi connectivity index (χ0) is 20.9. The summed E-state index contributed by atoms with van der Waals surface area (Å²) in [5.74, 6) is 1.62. The molecule has 0 amide bonds. The minimum absolute atomic E-state index is 0.194. The highest BCUT2D eigenvalue weighted by Crippen LogP contribution is 2.24. The monoisotopic (exact) mass is 404 g/mol. The van der Waals surface area contributed by atoms with E-state index in [-0.39, 0.29) is 6.79 Å². The third-order valence-corrected chi connectivity index (χ3v) is 5.59. The van der Waals surface area contributed by atoms with Crippen LogP contribution in [0.2, 0.25) is 0 Å². The van der Waals surface area contributed by atoms with Gasteiger partial charge in [-0.1, -0.05) is 84.9 Å². The molecule has 0 saturated heterocycles. The minimum atomic E-state index is 0.194. The fourth-order valence-corrected chi connectivity index (χ4v) is 3.88. The highest BCUT2D eigenvalue weighted by atomic mass is 16.7. The van der Waals surface area contributed by atoms with Gasteiger partial charge in [0.15, 0.2) is 0 Å². The van der Waals surface area contributed by atoms with E-state index < -0.39 is 0 Å². The molecular weight excluding hydrogens is 380 g/mol. The van der Waals surface area contributed by atoms with E-state index in [1.807, 2.05) is 36.4 Å². The van der Waals surface area contributed by atoms with Gasteiger partial charge in [0, 0.05) is 0 Å². The van der Waals surface area contributed by atoms with Crippen molar-refractivity contribution in [2.45, 2.75) is 12.8 Å². The molecule has 2 nitrogen and oxygen atoms in total. The predicted octanol–water partition coefficient (Wildman–Crippen LogP) is 7.19. The second-order valence-electron chi connectivity index (χ2n) is 7.74. The molecule has 5 aromatic carbocycles. The number of rotatable bonds is 7. The van der Waals surface area contributed by atoms with Crippen LogP contribution in [0, 0.1) is 0 Å². The average molecular weight is 405 g/mol. The van der Waals surface area contributed by atoms with Gasteiger partial charge in [0.25, 0.3) is 0 Å². The maximum atomic E-state index is 5.77. The van der Waals surface area contributed by atoms with Crippen molar-refractivity contribution in [3.63, 3.8) is 0 Å². The first-order valence-corrected chi connectivity index (χ1v) is 10.6. The van der Waals surface area contributed by atoms with E-state index in [9.17, 15) is 0 Å². The van der Waals surface area contributed by atoms with Crippen molar-refractivity contribution in [1.82, 2.24) is 0 Å². The molecule has 0 atom stereocenters. The molecule has 0 fully saturated rings. The van der Waals surface area contributed by atoms with Crippen LogP contribution in [-0.2, 0) is 12.8 Å². The molecule has 0 unspecified atom stereocenters. The Labute approximate surface area is 182 Å². The maximum absolute atomic E-state index is 5.77. The largest absolute Gasteiger partial charge is 0.458 e. The van der Waals surface area contributed by atoms with Crippen molar-refractivity contribution < 1.29 is 9.47 Å². The number of fused-ring (bicyclic) bond motifs is 2. The lowest BCUT2D eigenvalue weighted by Gasteiger charge is -2.10. The van der Waals surface area contributed by atoms with Crippen molar-refractivity contribution in [2.75, 3.05) is 6.79 Å². The first kappa shape index (κ1) is 19.2. The molecule has 0 aliphatic heterocycles. The Balaban J connectivity index is 1.22. The molecule has 0 heterocycles. The lowest BCUT2D eigenvalue weighted by molar-refractivity contribution is 0.120. The van der Waals surface area contributed by atoms with Crippen molar-refractivity contribution >= 4 is 21.5 Å². The fourth-order valence-electron chi connectivity index (χ4n) is 3.88. The normalized spacial score (nSPS) is 11.0. The summed E-state index contributed by atoms with van der Waals surface area (Å²) in [6, 6.07) is 37.8. The molecule has 0 aliphatic carbocycles. The summed E-state index contributed by atoms with van der Waals surface area (Å²) in [5.41, 5.74) is 2.72. The summed E-state index contributed by atoms with van der Waals surface area (Å²) >= 11 is 0. The third kappa shape index (κ3) is 4.70. The molecule has 0 saturated carbocycles. The molecule has 0 aromatic heterocycles. The number of ether oxygens (including phenoxy) is 2. The molecule has 2 heteroatoms. The highest BCUT2D eigenvalue weighted by molar-refractivity contribution is 5.85. The van der Waals surface area contributed by atoms with Gasteiger partial charge >= 0.3 is 0 Å². The lowest BCUT2D eigenvalue weighted by atomic mass is 9.99. The first-order chi connectivity index (χ1) is 15.3. The Morgan fingerprint density at radius 2 is 0.968 bits per heavy atom. The Kier molecular flexibility index (Phi) is 5.53. The molecule has 5 rings (SSSR count). The summed E-state index contributed by atoms with van der Waals surface area (Å²) in [5, 5.41) is 5.01. The van der Waals surface area contributed by atoms with E-state index in [1.54, 1.807) is 0 Å². The summed E-state index contributed by atoms with van der Waals surface area (Å²) in [7, 11) is 0. The number of para-hydroxylation sites is 1. The number of aryl methyl sites for hydroxylation is 2.